The molecule has 1 aliphatic carbocycles. The van der Waals surface area contributed by atoms with Crippen molar-refractivity contribution in [2.24, 2.45) is 0 Å². The number of carbonyl (C=O) groups excluding carboxylic acids is 1. The summed E-state index contributed by atoms with van der Waals surface area (Å²) in [5.74, 6) is 0.603. The normalized spacial score (nSPS) is 23.0. The van der Waals surface area contributed by atoms with Crippen LogP contribution in [0.3, 0.4) is 0 Å². The van der Waals surface area contributed by atoms with Crippen LogP contribution < -0.4 is 5.43 Å². The average Bonchev–Trinajstić information content (AvgIpc) is 2.91. The van der Waals surface area contributed by atoms with E-state index in [0.29, 0.717) is 12.0 Å². The van der Waals surface area contributed by atoms with Gasteiger partial charge in [-0.2, -0.15) is 0 Å². The Kier molecular flexibility index (Phi) is 3.93. The Hall–Kier alpha value is -2.07. The number of nitrogens with one attached hydrogen (secondary N) is 1. The van der Waals surface area contributed by atoms with Gasteiger partial charge >= 0.3 is 0 Å². The summed E-state index contributed by atoms with van der Waals surface area (Å²) in [6.45, 7) is 8.64. The predicted octanol–water partition coefficient (Wildman–Crippen LogP) is 3.50. The molecule has 4 heteroatoms. The number of hydrogen-bond acceptors (Lipinski definition) is 2. The number of nitrogens with zero attached hydrogens (tertiary/aromatic N) is 2. The van der Waals surface area contributed by atoms with Gasteiger partial charge in [0.2, 0.25) is 6.41 Å². The Labute approximate surface area is 143 Å². The highest BCUT2D eigenvalue weighted by molar-refractivity contribution is 5.93. The van der Waals surface area contributed by atoms with Crippen molar-refractivity contribution in [2.75, 3.05) is 18.5 Å². The molecule has 126 valence electrons. The summed E-state index contributed by atoms with van der Waals surface area (Å²) in [5.41, 5.74) is 7.77. The van der Waals surface area contributed by atoms with Gasteiger partial charge in [-0.05, 0) is 62.0 Å². The lowest BCUT2D eigenvalue weighted by molar-refractivity contribution is -0.106. The fraction of sp³-hybridized carbons (Fsp3) is 0.450. The van der Waals surface area contributed by atoms with Gasteiger partial charge in [-0.25, -0.2) is 0 Å². The quantitative estimate of drug-likeness (QED) is 0.855. The minimum atomic E-state index is 0.572. The fourth-order valence-corrected chi connectivity index (χ4v) is 4.92. The van der Waals surface area contributed by atoms with E-state index < -0.39 is 0 Å². The zero-order valence-electron chi connectivity index (χ0n) is 14.3. The maximum atomic E-state index is 11.1. The predicted molar refractivity (Wildman–Crippen MR) is 98.8 cm³/mol. The van der Waals surface area contributed by atoms with Crippen LogP contribution in [0, 0.1) is 0 Å². The van der Waals surface area contributed by atoms with Crippen molar-refractivity contribution in [3.63, 3.8) is 0 Å². The van der Waals surface area contributed by atoms with Crippen LogP contribution in [0.15, 0.2) is 24.8 Å². The molecular weight excluding hydrogens is 298 g/mol. The molecule has 4 rings (SSSR count). The number of amides is 1. The Morgan fingerprint density at radius 2 is 2.29 bits per heavy atom. The van der Waals surface area contributed by atoms with Crippen LogP contribution in [-0.2, 0) is 11.2 Å². The molecule has 1 saturated heterocycles. The number of carbonyl (C=O) groups is 1. The second-order valence-corrected chi connectivity index (χ2v) is 6.95. The molecule has 24 heavy (non-hydrogen) atoms. The van der Waals surface area contributed by atoms with Gasteiger partial charge in [0.25, 0.3) is 0 Å². The highest BCUT2D eigenvalue weighted by Gasteiger charge is 2.38. The summed E-state index contributed by atoms with van der Waals surface area (Å²) >= 11 is 0. The first-order valence-electron chi connectivity index (χ1n) is 9.03. The van der Waals surface area contributed by atoms with E-state index in [1.165, 1.54) is 48.9 Å². The van der Waals surface area contributed by atoms with Crippen LogP contribution in [0.5, 0.6) is 0 Å². The molecule has 4 nitrogen and oxygen atoms in total. The standard InChI is InChI=1S/C20H25N3O/c1-3-10-22-11-6-8-14-15-7-5-9-18-20(15)16(12-19(14)22)17(4-2)23(18)21-13-24/h4-5,7,9,13-14,19H,2-3,6,8,10-12H2,1H3,(H,21,24)/t14-,19-/m1/s1. The van der Waals surface area contributed by atoms with Gasteiger partial charge in [0.15, 0.2) is 0 Å². The minimum absolute atomic E-state index is 0.572. The molecule has 1 fully saturated rings. The molecule has 0 saturated carbocycles. The molecule has 2 aromatic rings. The van der Waals surface area contributed by atoms with Crippen LogP contribution >= 0.6 is 0 Å². The molecule has 1 aromatic heterocycles. The number of likely N-dealkylation sites (tertiary alicyclic amines) is 1. The summed E-state index contributed by atoms with van der Waals surface area (Å²) in [6, 6.07) is 7.08. The van der Waals surface area contributed by atoms with E-state index in [9.17, 15) is 4.79 Å². The first-order chi connectivity index (χ1) is 11.8. The van der Waals surface area contributed by atoms with Gasteiger partial charge in [-0.3, -0.25) is 19.8 Å². The van der Waals surface area contributed by atoms with Crippen molar-refractivity contribution >= 4 is 23.4 Å². The van der Waals surface area contributed by atoms with Crippen molar-refractivity contribution in [3.05, 3.63) is 41.6 Å². The first kappa shape index (κ1) is 15.5. The maximum absolute atomic E-state index is 11.1. The third-order valence-electron chi connectivity index (χ3n) is 5.76. The Balaban J connectivity index is 1.92. The molecule has 1 aliphatic heterocycles. The highest BCUT2D eigenvalue weighted by Crippen LogP contribution is 2.45. The van der Waals surface area contributed by atoms with Crippen molar-refractivity contribution in [1.82, 2.24) is 9.58 Å². The summed E-state index contributed by atoms with van der Waals surface area (Å²) in [7, 11) is 0. The van der Waals surface area contributed by atoms with Gasteiger partial charge in [0.05, 0.1) is 11.2 Å². The second-order valence-electron chi connectivity index (χ2n) is 6.95. The van der Waals surface area contributed by atoms with Gasteiger partial charge < -0.3 is 0 Å². The van der Waals surface area contributed by atoms with Crippen molar-refractivity contribution in [3.8, 4) is 0 Å². The smallest absolute Gasteiger partial charge is 0.226 e. The third kappa shape index (κ3) is 2.13. The van der Waals surface area contributed by atoms with Gasteiger partial charge in [0, 0.05) is 17.3 Å². The van der Waals surface area contributed by atoms with E-state index in [-0.39, 0.29) is 0 Å². The van der Waals surface area contributed by atoms with E-state index in [1.807, 2.05) is 10.8 Å². The molecule has 2 aliphatic rings. The zero-order chi connectivity index (χ0) is 16.7. The lowest BCUT2D eigenvalue weighted by Gasteiger charge is -2.44. The Morgan fingerprint density at radius 1 is 1.42 bits per heavy atom. The fourth-order valence-electron chi connectivity index (χ4n) is 4.92. The van der Waals surface area contributed by atoms with Crippen molar-refractivity contribution < 1.29 is 4.79 Å². The van der Waals surface area contributed by atoms with Crippen LogP contribution in [0.2, 0.25) is 0 Å². The molecule has 0 unspecified atom stereocenters. The molecule has 0 radical (unpaired) electrons. The molecule has 0 bridgehead atoms. The monoisotopic (exact) mass is 323 g/mol. The maximum Gasteiger partial charge on any atom is 0.226 e. The lowest BCUT2D eigenvalue weighted by atomic mass is 9.74. The van der Waals surface area contributed by atoms with E-state index in [0.717, 1.165) is 24.0 Å². The molecule has 2 atom stereocenters. The number of aromatic nitrogens is 1. The van der Waals surface area contributed by atoms with Crippen molar-refractivity contribution in [2.45, 2.75) is 44.6 Å². The number of rotatable bonds is 5. The Bertz CT molecular complexity index is 790. The minimum Gasteiger partial charge on any atom is -0.299 e. The molecular formula is C20H25N3O. The van der Waals surface area contributed by atoms with E-state index in [2.05, 4.69) is 42.0 Å². The summed E-state index contributed by atoms with van der Waals surface area (Å²) in [5, 5.41) is 1.33. The topological polar surface area (TPSA) is 37.3 Å². The van der Waals surface area contributed by atoms with E-state index >= 15 is 0 Å². The van der Waals surface area contributed by atoms with Crippen molar-refractivity contribution in [1.29, 1.82) is 0 Å². The molecule has 1 N–H and O–H groups in total. The highest BCUT2D eigenvalue weighted by atomic mass is 16.1. The van der Waals surface area contributed by atoms with Crippen LogP contribution in [-0.4, -0.2) is 35.1 Å². The number of piperidine rings is 1. The summed E-state index contributed by atoms with van der Waals surface area (Å²) in [6.07, 6.45) is 7.41. The number of fused-ring (bicyclic) bond motifs is 2. The van der Waals surface area contributed by atoms with Crippen LogP contribution in [0.4, 0.5) is 0 Å². The average molecular weight is 323 g/mol. The number of hydrogen-bond donors (Lipinski definition) is 1. The first-order valence-corrected chi connectivity index (χ1v) is 9.03. The molecule has 2 heterocycles. The van der Waals surface area contributed by atoms with E-state index in [1.54, 1.807) is 0 Å². The number of benzene rings is 1. The molecule has 0 spiro atoms. The SMILES string of the molecule is C=Cc1c2c3c(cccc3n1NC=O)[C@H]1CCCN(CCC)[C@@H]1C2. The second kappa shape index (κ2) is 6.10. The third-order valence-corrected chi connectivity index (χ3v) is 5.76. The van der Waals surface area contributed by atoms with Gasteiger partial charge in [-0.15, -0.1) is 0 Å². The Morgan fingerprint density at radius 3 is 3.04 bits per heavy atom. The van der Waals surface area contributed by atoms with Gasteiger partial charge in [0.1, 0.15) is 0 Å². The largest absolute Gasteiger partial charge is 0.299 e. The lowest BCUT2D eigenvalue weighted by Crippen LogP contribution is -2.47. The molecule has 1 aromatic carbocycles. The zero-order valence-corrected chi connectivity index (χ0v) is 14.3. The van der Waals surface area contributed by atoms with Crippen LogP contribution in [0.1, 0.15) is 48.9 Å². The van der Waals surface area contributed by atoms with Crippen LogP contribution in [0.25, 0.3) is 17.0 Å². The van der Waals surface area contributed by atoms with E-state index in [4.69, 9.17) is 0 Å². The molecule has 1 amide bonds. The van der Waals surface area contributed by atoms with Gasteiger partial charge in [-0.1, -0.05) is 25.6 Å². The summed E-state index contributed by atoms with van der Waals surface area (Å²) in [4.78, 5) is 13.8. The summed E-state index contributed by atoms with van der Waals surface area (Å²) < 4.78 is 1.90.